The molecule has 2 aromatic carbocycles. The standard InChI is InChI=1S/C19H19NO3S2/c20-17(21)16(13-5-2-1-3-6-13)23-18(22)14-7-9-15(10-8-14)19-24-11-4-12-25-19/h1-3,5-10,16,19H,4,11-12H2,(H2,20,21)/t16-/m1/s1. The van der Waals surface area contributed by atoms with Crippen molar-refractivity contribution in [2.24, 2.45) is 5.73 Å². The van der Waals surface area contributed by atoms with Crippen molar-refractivity contribution in [1.82, 2.24) is 0 Å². The number of ether oxygens (including phenoxy) is 1. The van der Waals surface area contributed by atoms with Gasteiger partial charge in [0.15, 0.2) is 0 Å². The number of primary amides is 1. The molecule has 130 valence electrons. The highest BCUT2D eigenvalue weighted by molar-refractivity contribution is 8.16. The minimum absolute atomic E-state index is 0.414. The first kappa shape index (κ1) is 17.9. The third-order valence-corrected chi connectivity index (χ3v) is 6.85. The lowest BCUT2D eigenvalue weighted by molar-refractivity contribution is -0.127. The number of benzene rings is 2. The number of carbonyl (C=O) groups excluding carboxylic acids is 2. The van der Waals surface area contributed by atoms with Gasteiger partial charge in [0.1, 0.15) is 0 Å². The normalized spacial score (nSPS) is 16.2. The van der Waals surface area contributed by atoms with Crippen molar-refractivity contribution in [3.63, 3.8) is 0 Å². The van der Waals surface area contributed by atoms with E-state index in [9.17, 15) is 9.59 Å². The molecule has 0 radical (unpaired) electrons. The highest BCUT2D eigenvalue weighted by Gasteiger charge is 2.23. The van der Waals surface area contributed by atoms with E-state index in [1.807, 2.05) is 41.7 Å². The first-order valence-corrected chi connectivity index (χ1v) is 10.1. The Morgan fingerprint density at radius 1 is 1.00 bits per heavy atom. The van der Waals surface area contributed by atoms with E-state index in [4.69, 9.17) is 10.5 Å². The van der Waals surface area contributed by atoms with Gasteiger partial charge in [0, 0.05) is 5.56 Å². The molecule has 0 aromatic heterocycles. The monoisotopic (exact) mass is 373 g/mol. The number of nitrogens with two attached hydrogens (primary N) is 1. The van der Waals surface area contributed by atoms with Gasteiger partial charge in [0.2, 0.25) is 6.10 Å². The van der Waals surface area contributed by atoms with Crippen molar-refractivity contribution >= 4 is 35.4 Å². The maximum Gasteiger partial charge on any atom is 0.339 e. The number of hydrogen-bond donors (Lipinski definition) is 1. The first-order valence-electron chi connectivity index (χ1n) is 8.03. The van der Waals surface area contributed by atoms with Gasteiger partial charge >= 0.3 is 5.97 Å². The molecule has 25 heavy (non-hydrogen) atoms. The fourth-order valence-corrected chi connectivity index (χ4v) is 5.44. The zero-order valence-electron chi connectivity index (χ0n) is 13.6. The van der Waals surface area contributed by atoms with Crippen molar-refractivity contribution in [3.8, 4) is 0 Å². The summed E-state index contributed by atoms with van der Waals surface area (Å²) < 4.78 is 5.76. The van der Waals surface area contributed by atoms with Crippen LogP contribution in [0.2, 0.25) is 0 Å². The van der Waals surface area contributed by atoms with Gasteiger partial charge in [-0.1, -0.05) is 42.5 Å². The molecule has 2 aromatic rings. The highest BCUT2D eigenvalue weighted by Crippen LogP contribution is 2.43. The van der Waals surface area contributed by atoms with Gasteiger partial charge in [-0.05, 0) is 35.6 Å². The zero-order chi connectivity index (χ0) is 17.6. The summed E-state index contributed by atoms with van der Waals surface area (Å²) in [5.41, 5.74) is 7.57. The number of thioether (sulfide) groups is 2. The molecule has 1 saturated heterocycles. The predicted molar refractivity (Wildman–Crippen MR) is 103 cm³/mol. The van der Waals surface area contributed by atoms with Crippen molar-refractivity contribution in [2.45, 2.75) is 17.1 Å². The minimum atomic E-state index is -1.09. The highest BCUT2D eigenvalue weighted by atomic mass is 32.2. The average molecular weight is 373 g/mol. The van der Waals surface area contributed by atoms with E-state index in [1.54, 1.807) is 36.4 Å². The Balaban J connectivity index is 1.70. The minimum Gasteiger partial charge on any atom is -0.444 e. The zero-order valence-corrected chi connectivity index (χ0v) is 15.2. The van der Waals surface area contributed by atoms with Crippen LogP contribution in [0.25, 0.3) is 0 Å². The molecule has 0 spiro atoms. The lowest BCUT2D eigenvalue weighted by atomic mass is 10.1. The van der Waals surface area contributed by atoms with Gasteiger partial charge in [-0.3, -0.25) is 4.79 Å². The Kier molecular flexibility index (Phi) is 6.04. The van der Waals surface area contributed by atoms with Gasteiger partial charge in [-0.15, -0.1) is 23.5 Å². The van der Waals surface area contributed by atoms with E-state index in [1.165, 1.54) is 23.5 Å². The van der Waals surface area contributed by atoms with Crippen LogP contribution in [0.15, 0.2) is 54.6 Å². The van der Waals surface area contributed by atoms with Gasteiger partial charge < -0.3 is 10.5 Å². The summed E-state index contributed by atoms with van der Waals surface area (Å²) in [5, 5.41) is 0. The Morgan fingerprint density at radius 3 is 2.24 bits per heavy atom. The summed E-state index contributed by atoms with van der Waals surface area (Å²) in [5.74, 6) is 1.09. The van der Waals surface area contributed by atoms with Crippen LogP contribution in [0.4, 0.5) is 0 Å². The van der Waals surface area contributed by atoms with Gasteiger partial charge in [0.05, 0.1) is 10.1 Å². The molecule has 3 rings (SSSR count). The summed E-state index contributed by atoms with van der Waals surface area (Å²) in [6, 6.07) is 16.2. The summed E-state index contributed by atoms with van der Waals surface area (Å²) in [4.78, 5) is 24.0. The van der Waals surface area contributed by atoms with Crippen molar-refractivity contribution in [2.75, 3.05) is 11.5 Å². The largest absolute Gasteiger partial charge is 0.444 e. The molecule has 4 nitrogen and oxygen atoms in total. The quantitative estimate of drug-likeness (QED) is 0.804. The fourth-order valence-electron chi connectivity index (χ4n) is 2.55. The number of rotatable bonds is 5. The van der Waals surface area contributed by atoms with Crippen LogP contribution in [0.5, 0.6) is 0 Å². The Labute approximate surface area is 155 Å². The molecular formula is C19H19NO3S2. The molecule has 0 saturated carbocycles. The summed E-state index contributed by atoms with van der Waals surface area (Å²) >= 11 is 3.86. The second-order valence-electron chi connectivity index (χ2n) is 5.65. The molecule has 1 amide bonds. The molecular weight excluding hydrogens is 354 g/mol. The molecule has 1 aliphatic rings. The van der Waals surface area contributed by atoms with Crippen molar-refractivity contribution in [1.29, 1.82) is 0 Å². The van der Waals surface area contributed by atoms with Crippen LogP contribution < -0.4 is 5.73 Å². The van der Waals surface area contributed by atoms with E-state index in [-0.39, 0.29) is 0 Å². The molecule has 0 aliphatic carbocycles. The van der Waals surface area contributed by atoms with Crippen LogP contribution in [0, 0.1) is 0 Å². The SMILES string of the molecule is NC(=O)[C@H](OC(=O)c1ccc(C2SCCCS2)cc1)c1ccccc1. The van der Waals surface area contributed by atoms with Gasteiger partial charge in [-0.2, -0.15) is 0 Å². The number of carbonyl (C=O) groups is 2. The van der Waals surface area contributed by atoms with E-state index >= 15 is 0 Å². The number of hydrogen-bond acceptors (Lipinski definition) is 5. The maximum atomic E-state index is 12.4. The second kappa shape index (κ2) is 8.45. The van der Waals surface area contributed by atoms with Crippen LogP contribution in [0.3, 0.4) is 0 Å². The van der Waals surface area contributed by atoms with Crippen LogP contribution in [0.1, 0.15) is 38.6 Å². The Hall–Kier alpha value is -1.92. The fraction of sp³-hybridized carbons (Fsp3) is 0.263. The number of esters is 1. The molecule has 2 N–H and O–H groups in total. The smallest absolute Gasteiger partial charge is 0.339 e. The molecule has 1 atom stereocenters. The molecule has 0 unspecified atom stereocenters. The molecule has 1 heterocycles. The Bertz CT molecular complexity index is 728. The second-order valence-corrected chi connectivity index (χ2v) is 8.37. The molecule has 1 fully saturated rings. The lowest BCUT2D eigenvalue weighted by Crippen LogP contribution is -2.26. The van der Waals surface area contributed by atoms with Crippen LogP contribution in [-0.4, -0.2) is 23.4 Å². The van der Waals surface area contributed by atoms with Gasteiger partial charge in [0.25, 0.3) is 5.91 Å². The van der Waals surface area contributed by atoms with E-state index in [0.717, 1.165) is 0 Å². The van der Waals surface area contributed by atoms with Crippen molar-refractivity contribution in [3.05, 3.63) is 71.3 Å². The third-order valence-electron chi connectivity index (χ3n) is 3.83. The third kappa shape index (κ3) is 4.58. The van der Waals surface area contributed by atoms with E-state index < -0.39 is 18.0 Å². The topological polar surface area (TPSA) is 69.4 Å². The summed E-state index contributed by atoms with van der Waals surface area (Å²) in [7, 11) is 0. The summed E-state index contributed by atoms with van der Waals surface area (Å²) in [6.07, 6.45) is 0.155. The molecule has 6 heteroatoms. The number of amides is 1. The van der Waals surface area contributed by atoms with E-state index in [2.05, 4.69) is 0 Å². The molecule has 1 aliphatic heterocycles. The molecule has 0 bridgehead atoms. The van der Waals surface area contributed by atoms with E-state index in [0.29, 0.717) is 15.7 Å². The first-order chi connectivity index (χ1) is 12.1. The Morgan fingerprint density at radius 2 is 1.64 bits per heavy atom. The summed E-state index contributed by atoms with van der Waals surface area (Å²) in [6.45, 7) is 0. The lowest BCUT2D eigenvalue weighted by Gasteiger charge is -2.21. The predicted octanol–water partition coefficient (Wildman–Crippen LogP) is 3.94. The van der Waals surface area contributed by atoms with Crippen molar-refractivity contribution < 1.29 is 14.3 Å². The van der Waals surface area contributed by atoms with Crippen LogP contribution in [-0.2, 0) is 9.53 Å². The van der Waals surface area contributed by atoms with Crippen LogP contribution >= 0.6 is 23.5 Å². The average Bonchev–Trinajstić information content (AvgIpc) is 2.67. The maximum absolute atomic E-state index is 12.4. The van der Waals surface area contributed by atoms with Gasteiger partial charge in [-0.25, -0.2) is 4.79 Å².